The smallest absolute Gasteiger partial charge is 0.320 e. The Labute approximate surface area is 113 Å². The van der Waals surface area contributed by atoms with Crippen molar-refractivity contribution in [3.63, 3.8) is 0 Å². The molecule has 0 amide bonds. The number of likely N-dealkylation sites (N-methyl/N-ethyl adjacent to an activating group) is 1. The van der Waals surface area contributed by atoms with Crippen molar-refractivity contribution in [2.75, 3.05) is 19.7 Å². The number of aryl methyl sites for hydroxylation is 2. The first-order valence-electron chi connectivity index (χ1n) is 6.05. The summed E-state index contributed by atoms with van der Waals surface area (Å²) in [4.78, 5) is 13.4. The fraction of sp³-hybridized carbons (Fsp3) is 0.667. The number of ether oxygens (including phenoxy) is 1. The van der Waals surface area contributed by atoms with E-state index in [4.69, 9.17) is 16.3 Å². The quantitative estimate of drug-likeness (QED) is 0.741. The van der Waals surface area contributed by atoms with E-state index >= 15 is 0 Å². The van der Waals surface area contributed by atoms with Crippen LogP contribution >= 0.6 is 11.6 Å². The van der Waals surface area contributed by atoms with E-state index < -0.39 is 0 Å². The standard InChI is InChI=1S/C12H20ClN3O2/c1-5-16(8-11(17)18-6-2)7-10-12(13)9(3)14-15(10)4/h5-8H2,1-4H3. The van der Waals surface area contributed by atoms with Gasteiger partial charge >= 0.3 is 5.97 Å². The lowest BCUT2D eigenvalue weighted by molar-refractivity contribution is -0.144. The molecule has 0 fully saturated rings. The van der Waals surface area contributed by atoms with Crippen LogP contribution in [0.5, 0.6) is 0 Å². The third kappa shape index (κ3) is 3.71. The van der Waals surface area contributed by atoms with Crippen LogP contribution in [-0.4, -0.2) is 40.3 Å². The predicted octanol–water partition coefficient (Wildman–Crippen LogP) is 1.77. The topological polar surface area (TPSA) is 47.4 Å². The fourth-order valence-electron chi connectivity index (χ4n) is 1.73. The first kappa shape index (κ1) is 15.0. The molecule has 0 aliphatic rings. The Hall–Kier alpha value is -1.07. The Bertz CT molecular complexity index is 418. The van der Waals surface area contributed by atoms with Gasteiger partial charge in [0.15, 0.2) is 0 Å². The van der Waals surface area contributed by atoms with Crippen molar-refractivity contribution < 1.29 is 9.53 Å². The molecule has 0 spiro atoms. The summed E-state index contributed by atoms with van der Waals surface area (Å²) in [5.41, 5.74) is 1.72. The molecule has 0 saturated heterocycles. The van der Waals surface area contributed by atoms with Gasteiger partial charge in [0.2, 0.25) is 0 Å². The molecular weight excluding hydrogens is 254 g/mol. The Kier molecular flexibility index (Phi) is 5.62. The summed E-state index contributed by atoms with van der Waals surface area (Å²) in [6.07, 6.45) is 0. The van der Waals surface area contributed by atoms with Crippen molar-refractivity contribution in [3.05, 3.63) is 16.4 Å². The number of hydrogen-bond acceptors (Lipinski definition) is 4. The molecule has 0 radical (unpaired) electrons. The number of carbonyl (C=O) groups excluding carboxylic acids is 1. The lowest BCUT2D eigenvalue weighted by atomic mass is 10.3. The number of halogens is 1. The van der Waals surface area contributed by atoms with Gasteiger partial charge in [-0.05, 0) is 20.4 Å². The predicted molar refractivity (Wildman–Crippen MR) is 70.5 cm³/mol. The summed E-state index contributed by atoms with van der Waals surface area (Å²) in [5.74, 6) is -0.214. The van der Waals surface area contributed by atoms with Gasteiger partial charge in [-0.25, -0.2) is 0 Å². The minimum Gasteiger partial charge on any atom is -0.465 e. The van der Waals surface area contributed by atoms with E-state index in [0.29, 0.717) is 18.2 Å². The number of aromatic nitrogens is 2. The number of rotatable bonds is 6. The van der Waals surface area contributed by atoms with Gasteiger partial charge in [0.1, 0.15) is 0 Å². The fourth-order valence-corrected chi connectivity index (χ4v) is 1.95. The van der Waals surface area contributed by atoms with E-state index in [1.165, 1.54) is 0 Å². The molecule has 5 nitrogen and oxygen atoms in total. The van der Waals surface area contributed by atoms with Crippen molar-refractivity contribution in [1.29, 1.82) is 0 Å². The second-order valence-corrected chi connectivity index (χ2v) is 4.46. The van der Waals surface area contributed by atoms with Gasteiger partial charge in [0.25, 0.3) is 0 Å². The summed E-state index contributed by atoms with van der Waals surface area (Å²) in [7, 11) is 1.85. The number of carbonyl (C=O) groups is 1. The first-order chi connectivity index (χ1) is 8.49. The van der Waals surface area contributed by atoms with E-state index in [2.05, 4.69) is 5.10 Å². The maximum absolute atomic E-state index is 11.5. The molecule has 1 rings (SSSR count). The van der Waals surface area contributed by atoms with Crippen LogP contribution in [-0.2, 0) is 23.1 Å². The van der Waals surface area contributed by atoms with Crippen LogP contribution < -0.4 is 0 Å². The largest absolute Gasteiger partial charge is 0.465 e. The van der Waals surface area contributed by atoms with Crippen LogP contribution in [0.1, 0.15) is 25.2 Å². The maximum Gasteiger partial charge on any atom is 0.320 e. The van der Waals surface area contributed by atoms with E-state index in [0.717, 1.165) is 17.9 Å². The second kappa shape index (κ2) is 6.75. The molecule has 1 heterocycles. The third-order valence-corrected chi connectivity index (χ3v) is 3.23. The lowest BCUT2D eigenvalue weighted by Gasteiger charge is -2.19. The van der Waals surface area contributed by atoms with Gasteiger partial charge in [-0.3, -0.25) is 14.4 Å². The summed E-state index contributed by atoms with van der Waals surface area (Å²) < 4.78 is 6.70. The lowest BCUT2D eigenvalue weighted by Crippen LogP contribution is -2.31. The molecule has 18 heavy (non-hydrogen) atoms. The average molecular weight is 274 g/mol. The molecule has 6 heteroatoms. The van der Waals surface area contributed by atoms with Crippen molar-refractivity contribution >= 4 is 17.6 Å². The summed E-state index contributed by atoms with van der Waals surface area (Å²) in [6, 6.07) is 0. The Morgan fingerprint density at radius 3 is 2.61 bits per heavy atom. The number of nitrogens with zero attached hydrogens (tertiary/aromatic N) is 3. The summed E-state index contributed by atoms with van der Waals surface area (Å²) >= 11 is 6.19. The summed E-state index contributed by atoms with van der Waals surface area (Å²) in [5, 5.41) is 4.92. The highest BCUT2D eigenvalue weighted by atomic mass is 35.5. The van der Waals surface area contributed by atoms with Crippen molar-refractivity contribution in [3.8, 4) is 0 Å². The minimum absolute atomic E-state index is 0.214. The van der Waals surface area contributed by atoms with Crippen LogP contribution in [0.4, 0.5) is 0 Å². The van der Waals surface area contributed by atoms with E-state index in [1.54, 1.807) is 11.6 Å². The maximum atomic E-state index is 11.5. The number of hydrogen-bond donors (Lipinski definition) is 0. The molecule has 0 unspecified atom stereocenters. The zero-order valence-electron chi connectivity index (χ0n) is 11.4. The molecule has 0 aromatic carbocycles. The molecule has 0 aliphatic heterocycles. The van der Waals surface area contributed by atoms with Gasteiger partial charge in [0.05, 0.1) is 29.6 Å². The Morgan fingerprint density at radius 2 is 2.17 bits per heavy atom. The Balaban J connectivity index is 2.71. The molecular formula is C12H20ClN3O2. The molecule has 0 saturated carbocycles. The van der Waals surface area contributed by atoms with E-state index in [-0.39, 0.29) is 12.5 Å². The molecule has 0 bridgehead atoms. The van der Waals surface area contributed by atoms with Crippen LogP contribution in [0.2, 0.25) is 5.02 Å². The van der Waals surface area contributed by atoms with Crippen molar-refractivity contribution in [1.82, 2.24) is 14.7 Å². The van der Waals surface area contributed by atoms with Crippen LogP contribution in [0.15, 0.2) is 0 Å². The minimum atomic E-state index is -0.214. The van der Waals surface area contributed by atoms with Crippen LogP contribution in [0.25, 0.3) is 0 Å². The highest BCUT2D eigenvalue weighted by Gasteiger charge is 2.16. The van der Waals surface area contributed by atoms with Crippen LogP contribution in [0.3, 0.4) is 0 Å². The normalized spacial score (nSPS) is 11.0. The molecule has 0 aliphatic carbocycles. The SMILES string of the molecule is CCOC(=O)CN(CC)Cc1c(Cl)c(C)nn1C. The van der Waals surface area contributed by atoms with Crippen molar-refractivity contribution in [2.24, 2.45) is 7.05 Å². The average Bonchev–Trinajstić information content (AvgIpc) is 2.55. The molecule has 0 N–H and O–H groups in total. The molecule has 102 valence electrons. The second-order valence-electron chi connectivity index (χ2n) is 4.08. The molecule has 0 atom stereocenters. The Morgan fingerprint density at radius 1 is 1.50 bits per heavy atom. The zero-order valence-corrected chi connectivity index (χ0v) is 12.1. The summed E-state index contributed by atoms with van der Waals surface area (Å²) in [6.45, 7) is 7.68. The third-order valence-electron chi connectivity index (χ3n) is 2.74. The van der Waals surface area contributed by atoms with Gasteiger partial charge in [0, 0.05) is 13.6 Å². The monoisotopic (exact) mass is 273 g/mol. The van der Waals surface area contributed by atoms with Crippen LogP contribution in [0, 0.1) is 6.92 Å². The highest BCUT2D eigenvalue weighted by Crippen LogP contribution is 2.20. The first-order valence-corrected chi connectivity index (χ1v) is 6.43. The van der Waals surface area contributed by atoms with Gasteiger partial charge < -0.3 is 4.74 Å². The zero-order chi connectivity index (χ0) is 13.7. The molecule has 1 aromatic rings. The van der Waals surface area contributed by atoms with Gasteiger partial charge in [-0.1, -0.05) is 18.5 Å². The van der Waals surface area contributed by atoms with E-state index in [1.807, 2.05) is 25.8 Å². The van der Waals surface area contributed by atoms with Gasteiger partial charge in [-0.15, -0.1) is 0 Å². The highest BCUT2D eigenvalue weighted by molar-refractivity contribution is 6.31. The van der Waals surface area contributed by atoms with E-state index in [9.17, 15) is 4.79 Å². The molecule has 1 aromatic heterocycles. The van der Waals surface area contributed by atoms with Gasteiger partial charge in [-0.2, -0.15) is 5.10 Å². The van der Waals surface area contributed by atoms with Crippen molar-refractivity contribution in [2.45, 2.75) is 27.3 Å². The number of esters is 1.